The summed E-state index contributed by atoms with van der Waals surface area (Å²) in [6.07, 6.45) is 6.99. The minimum absolute atomic E-state index is 0.573. The molecule has 3 aliphatic rings. The minimum Gasteiger partial charge on any atom is -0.399 e. The Balaban J connectivity index is 1.16. The maximum Gasteiger partial charge on any atom is 0.0901 e. The van der Waals surface area contributed by atoms with Gasteiger partial charge in [-0.15, -0.1) is 0 Å². The summed E-state index contributed by atoms with van der Waals surface area (Å²) in [6, 6.07) is 17.7. The third kappa shape index (κ3) is 3.67. The van der Waals surface area contributed by atoms with Gasteiger partial charge in [0.15, 0.2) is 0 Å². The van der Waals surface area contributed by atoms with Crippen molar-refractivity contribution < 1.29 is 0 Å². The number of rotatable bonds is 4. The first kappa shape index (κ1) is 18.0. The summed E-state index contributed by atoms with van der Waals surface area (Å²) in [4.78, 5) is 9.98. The van der Waals surface area contributed by atoms with Gasteiger partial charge in [-0.3, -0.25) is 0 Å². The van der Waals surface area contributed by atoms with Crippen LogP contribution >= 0.6 is 0 Å². The molecule has 0 aromatic heterocycles. The molecule has 5 rings (SSSR count). The maximum atomic E-state index is 5.83. The Morgan fingerprint density at radius 3 is 1.45 bits per heavy atom. The fourth-order valence-corrected chi connectivity index (χ4v) is 4.79. The van der Waals surface area contributed by atoms with Gasteiger partial charge in [-0.05, 0) is 61.4 Å². The zero-order chi connectivity index (χ0) is 19.8. The summed E-state index contributed by atoms with van der Waals surface area (Å²) >= 11 is 0. The molecule has 0 aliphatic carbocycles. The Hall–Kier alpha value is -3.02. The second-order valence-corrected chi connectivity index (χ2v) is 8.43. The van der Waals surface area contributed by atoms with E-state index in [9.17, 15) is 0 Å². The Morgan fingerprint density at radius 1 is 0.621 bits per heavy atom. The molecule has 3 heterocycles. The van der Waals surface area contributed by atoms with Crippen molar-refractivity contribution in [3.8, 4) is 0 Å². The summed E-state index contributed by atoms with van der Waals surface area (Å²) < 4.78 is 0. The van der Waals surface area contributed by atoms with Crippen LogP contribution in [-0.4, -0.2) is 54.7 Å². The lowest BCUT2D eigenvalue weighted by atomic mass is 10.2. The van der Waals surface area contributed by atoms with Crippen LogP contribution in [0.3, 0.4) is 0 Å². The van der Waals surface area contributed by atoms with Gasteiger partial charge in [0.1, 0.15) is 0 Å². The van der Waals surface area contributed by atoms with Gasteiger partial charge in [-0.2, -0.15) is 0 Å². The Morgan fingerprint density at radius 2 is 1.03 bits per heavy atom. The summed E-state index contributed by atoms with van der Waals surface area (Å²) in [7, 11) is 0. The van der Waals surface area contributed by atoms with Crippen molar-refractivity contribution in [2.45, 2.75) is 24.9 Å². The molecule has 6 heteroatoms. The molecule has 0 bridgehead atoms. The molecule has 2 atom stereocenters. The van der Waals surface area contributed by atoms with Crippen molar-refractivity contribution in [3.63, 3.8) is 0 Å². The van der Waals surface area contributed by atoms with E-state index in [4.69, 9.17) is 11.5 Å². The van der Waals surface area contributed by atoms with E-state index in [0.29, 0.717) is 12.1 Å². The predicted molar refractivity (Wildman–Crippen MR) is 121 cm³/mol. The van der Waals surface area contributed by atoms with Crippen molar-refractivity contribution in [2.24, 2.45) is 0 Å². The normalized spacial score (nSPS) is 24.1. The minimum atomic E-state index is 0.573. The van der Waals surface area contributed by atoms with Gasteiger partial charge in [0.05, 0.1) is 6.67 Å². The summed E-state index contributed by atoms with van der Waals surface area (Å²) in [5.74, 6) is 0. The van der Waals surface area contributed by atoms with Crippen molar-refractivity contribution in [2.75, 3.05) is 54.1 Å². The zero-order valence-electron chi connectivity index (χ0n) is 16.8. The van der Waals surface area contributed by atoms with E-state index < -0.39 is 0 Å². The molecule has 2 aromatic carbocycles. The zero-order valence-corrected chi connectivity index (χ0v) is 16.8. The lowest BCUT2D eigenvalue weighted by molar-refractivity contribution is 0.190. The van der Waals surface area contributed by atoms with Crippen LogP contribution in [0.5, 0.6) is 0 Å². The monoisotopic (exact) mass is 390 g/mol. The Kier molecular flexibility index (Phi) is 4.62. The van der Waals surface area contributed by atoms with Crippen LogP contribution in [0.25, 0.3) is 0 Å². The molecule has 6 nitrogen and oxygen atoms in total. The highest BCUT2D eigenvalue weighted by Crippen LogP contribution is 2.29. The number of benzene rings is 2. The molecule has 2 saturated heterocycles. The van der Waals surface area contributed by atoms with Crippen molar-refractivity contribution in [1.29, 1.82) is 0 Å². The second-order valence-electron chi connectivity index (χ2n) is 8.43. The molecular formula is C23H30N6. The summed E-state index contributed by atoms with van der Waals surface area (Å²) in [5.41, 5.74) is 15.9. The smallest absolute Gasteiger partial charge is 0.0901 e. The van der Waals surface area contributed by atoms with E-state index in [0.717, 1.165) is 44.2 Å². The average molecular weight is 391 g/mol. The highest BCUT2D eigenvalue weighted by Gasteiger charge is 2.33. The molecule has 0 spiro atoms. The quantitative estimate of drug-likeness (QED) is 0.783. The molecule has 2 aromatic rings. The lowest BCUT2D eigenvalue weighted by Gasteiger charge is -2.30. The highest BCUT2D eigenvalue weighted by molar-refractivity contribution is 5.54. The second kappa shape index (κ2) is 7.43. The molecule has 0 saturated carbocycles. The van der Waals surface area contributed by atoms with Gasteiger partial charge in [-0.1, -0.05) is 0 Å². The molecule has 3 aliphatic heterocycles. The van der Waals surface area contributed by atoms with E-state index in [1.54, 1.807) is 0 Å². The van der Waals surface area contributed by atoms with Gasteiger partial charge in [-0.25, -0.2) is 0 Å². The van der Waals surface area contributed by atoms with Gasteiger partial charge in [0.2, 0.25) is 0 Å². The standard InChI is InChI=1S/C23H30N6/c24-18-1-5-20(6-2-18)26-11-9-22(15-26)28-13-14-29(17-28)23-10-12-27(16-23)21-7-3-19(25)4-8-21/h1-8,13-14,22-23H,9-12,15-17,24-25H2. The van der Waals surface area contributed by atoms with E-state index >= 15 is 0 Å². The Bertz CT molecular complexity index is 790. The van der Waals surface area contributed by atoms with Gasteiger partial charge >= 0.3 is 0 Å². The Labute approximate surface area is 173 Å². The lowest BCUT2D eigenvalue weighted by Crippen LogP contribution is -2.40. The van der Waals surface area contributed by atoms with Gasteiger partial charge in [0, 0.05) is 73.4 Å². The van der Waals surface area contributed by atoms with Crippen LogP contribution in [0.1, 0.15) is 12.8 Å². The van der Waals surface area contributed by atoms with E-state index in [1.165, 1.54) is 24.2 Å². The topological polar surface area (TPSA) is 65.0 Å². The summed E-state index contributed by atoms with van der Waals surface area (Å²) in [6.45, 7) is 5.36. The molecule has 0 radical (unpaired) electrons. The fourth-order valence-electron chi connectivity index (χ4n) is 4.79. The molecule has 2 fully saturated rings. The number of hydrogen-bond acceptors (Lipinski definition) is 6. The number of nitrogens with two attached hydrogens (primary N) is 2. The van der Waals surface area contributed by atoms with Crippen molar-refractivity contribution >= 4 is 22.7 Å². The van der Waals surface area contributed by atoms with E-state index in [1.807, 2.05) is 24.3 Å². The van der Waals surface area contributed by atoms with Crippen LogP contribution in [0.2, 0.25) is 0 Å². The molecule has 2 unspecified atom stereocenters. The SMILES string of the molecule is Nc1ccc(N2CCC(N3C=CN(C4CCN(c5ccc(N)cc5)C4)C3)C2)cc1. The average Bonchev–Trinajstić information content (AvgIpc) is 3.48. The summed E-state index contributed by atoms with van der Waals surface area (Å²) in [5, 5.41) is 0. The van der Waals surface area contributed by atoms with Crippen LogP contribution in [0.4, 0.5) is 22.7 Å². The molecular weight excluding hydrogens is 360 g/mol. The predicted octanol–water partition coefficient (Wildman–Crippen LogP) is 2.75. The first-order valence-corrected chi connectivity index (χ1v) is 10.6. The fraction of sp³-hybridized carbons (Fsp3) is 0.391. The van der Waals surface area contributed by atoms with Crippen LogP contribution in [0, 0.1) is 0 Å². The number of anilines is 4. The highest BCUT2D eigenvalue weighted by atomic mass is 15.4. The van der Waals surface area contributed by atoms with Crippen molar-refractivity contribution in [1.82, 2.24) is 9.80 Å². The third-order valence-electron chi connectivity index (χ3n) is 6.56. The van der Waals surface area contributed by atoms with Crippen LogP contribution in [0.15, 0.2) is 60.9 Å². The number of nitrogens with zero attached hydrogens (tertiary/aromatic N) is 4. The number of nitrogen functional groups attached to an aromatic ring is 2. The van der Waals surface area contributed by atoms with Crippen LogP contribution in [-0.2, 0) is 0 Å². The molecule has 152 valence electrons. The maximum absolute atomic E-state index is 5.83. The van der Waals surface area contributed by atoms with Gasteiger partial charge in [0.25, 0.3) is 0 Å². The molecule has 0 amide bonds. The molecule has 4 N–H and O–H groups in total. The first-order chi connectivity index (χ1) is 14.2. The van der Waals surface area contributed by atoms with Crippen LogP contribution < -0.4 is 21.3 Å². The third-order valence-corrected chi connectivity index (χ3v) is 6.56. The molecule has 29 heavy (non-hydrogen) atoms. The largest absolute Gasteiger partial charge is 0.399 e. The van der Waals surface area contributed by atoms with E-state index in [2.05, 4.69) is 56.3 Å². The van der Waals surface area contributed by atoms with Crippen molar-refractivity contribution in [3.05, 3.63) is 60.9 Å². The van der Waals surface area contributed by atoms with E-state index in [-0.39, 0.29) is 0 Å². The number of hydrogen-bond donors (Lipinski definition) is 2. The first-order valence-electron chi connectivity index (χ1n) is 10.6. The van der Waals surface area contributed by atoms with Gasteiger partial charge < -0.3 is 31.1 Å².